The van der Waals surface area contributed by atoms with Crippen molar-refractivity contribution in [3.05, 3.63) is 11.8 Å². The molecule has 1 fully saturated rings. The quantitative estimate of drug-likeness (QED) is 0.838. The van der Waals surface area contributed by atoms with Crippen LogP contribution in [0.15, 0.2) is 6.07 Å². The second-order valence-corrected chi connectivity index (χ2v) is 8.66. The first-order valence-corrected chi connectivity index (χ1v) is 8.95. The van der Waals surface area contributed by atoms with Crippen LogP contribution in [-0.4, -0.2) is 56.6 Å². The molecule has 118 valence electrons. The summed E-state index contributed by atoms with van der Waals surface area (Å²) in [6, 6.07) is 1.97. The Labute approximate surface area is 127 Å². The van der Waals surface area contributed by atoms with Gasteiger partial charge in [0.25, 0.3) is 0 Å². The Morgan fingerprint density at radius 2 is 2.00 bits per heavy atom. The summed E-state index contributed by atoms with van der Waals surface area (Å²) in [6.45, 7) is 6.93. The van der Waals surface area contributed by atoms with Crippen LogP contribution in [0, 0.1) is 0 Å². The molecule has 1 aromatic rings. The molecule has 7 heteroatoms. The molecule has 2 heterocycles. The average Bonchev–Trinajstić information content (AvgIpc) is 2.41. The Balaban J connectivity index is 2.35. The Kier molecular flexibility index (Phi) is 4.41. The molecule has 0 spiro atoms. The smallest absolute Gasteiger partial charge is 0.227 e. The predicted molar refractivity (Wildman–Crippen MR) is 85.9 cm³/mol. The van der Waals surface area contributed by atoms with Crippen LogP contribution in [0.1, 0.15) is 32.4 Å². The lowest BCUT2D eigenvalue weighted by Gasteiger charge is -2.32. The van der Waals surface area contributed by atoms with Crippen molar-refractivity contribution in [1.82, 2.24) is 9.97 Å². The minimum atomic E-state index is -2.95. The minimum Gasteiger partial charge on any atom is -0.354 e. The van der Waals surface area contributed by atoms with E-state index in [0.29, 0.717) is 25.0 Å². The van der Waals surface area contributed by atoms with Gasteiger partial charge in [0.1, 0.15) is 5.82 Å². The normalized spacial score (nSPS) is 21.6. The van der Waals surface area contributed by atoms with Gasteiger partial charge in [-0.05, 0) is 12.8 Å². The average molecular weight is 312 g/mol. The molecule has 21 heavy (non-hydrogen) atoms. The van der Waals surface area contributed by atoms with Gasteiger partial charge in [0.05, 0.1) is 16.7 Å². The molecule has 1 aliphatic rings. The van der Waals surface area contributed by atoms with Crippen molar-refractivity contribution in [3.63, 3.8) is 0 Å². The van der Waals surface area contributed by atoms with E-state index in [1.807, 2.05) is 30.0 Å². The summed E-state index contributed by atoms with van der Waals surface area (Å²) in [6.07, 6.45) is 0. The van der Waals surface area contributed by atoms with Crippen molar-refractivity contribution in [2.24, 2.45) is 0 Å². The first-order chi connectivity index (χ1) is 9.70. The van der Waals surface area contributed by atoms with E-state index in [0.717, 1.165) is 11.5 Å². The second-order valence-electron chi connectivity index (χ2n) is 6.12. The molecular formula is C14H24N4O2S. The van der Waals surface area contributed by atoms with Gasteiger partial charge >= 0.3 is 0 Å². The monoisotopic (exact) mass is 312 g/mol. The number of hydrogen-bond acceptors (Lipinski definition) is 6. The van der Waals surface area contributed by atoms with Gasteiger partial charge in [0.15, 0.2) is 9.84 Å². The van der Waals surface area contributed by atoms with Gasteiger partial charge in [-0.25, -0.2) is 13.4 Å². The molecule has 0 amide bonds. The number of anilines is 2. The molecule has 0 aromatic carbocycles. The van der Waals surface area contributed by atoms with E-state index in [4.69, 9.17) is 0 Å². The van der Waals surface area contributed by atoms with Gasteiger partial charge in [-0.1, -0.05) is 13.8 Å². The maximum atomic E-state index is 11.8. The highest BCUT2D eigenvalue weighted by molar-refractivity contribution is 7.92. The van der Waals surface area contributed by atoms with Crippen molar-refractivity contribution < 1.29 is 8.42 Å². The molecule has 1 atom stereocenters. The molecule has 1 saturated heterocycles. The Bertz CT molecular complexity index is 587. The van der Waals surface area contributed by atoms with Gasteiger partial charge in [0.2, 0.25) is 5.95 Å². The Morgan fingerprint density at radius 1 is 1.33 bits per heavy atom. The number of hydrogen-bond donors (Lipinski definition) is 0. The predicted octanol–water partition coefficient (Wildman–Crippen LogP) is 1.29. The van der Waals surface area contributed by atoms with E-state index in [1.165, 1.54) is 0 Å². The molecule has 6 nitrogen and oxygen atoms in total. The molecule has 1 aliphatic heterocycles. The Morgan fingerprint density at radius 3 is 2.52 bits per heavy atom. The van der Waals surface area contributed by atoms with Crippen LogP contribution in [0.3, 0.4) is 0 Å². The van der Waals surface area contributed by atoms with E-state index in [9.17, 15) is 8.42 Å². The van der Waals surface area contributed by atoms with Gasteiger partial charge in [-0.15, -0.1) is 0 Å². The van der Waals surface area contributed by atoms with E-state index >= 15 is 0 Å². The van der Waals surface area contributed by atoms with Crippen LogP contribution in [0.2, 0.25) is 0 Å². The van der Waals surface area contributed by atoms with Crippen molar-refractivity contribution in [3.8, 4) is 0 Å². The van der Waals surface area contributed by atoms with Crippen molar-refractivity contribution in [2.45, 2.75) is 31.9 Å². The van der Waals surface area contributed by atoms with Crippen molar-refractivity contribution in [2.75, 3.05) is 42.7 Å². The molecular weight excluding hydrogens is 288 g/mol. The Hall–Kier alpha value is -1.37. The highest BCUT2D eigenvalue weighted by Crippen LogP contribution is 2.24. The van der Waals surface area contributed by atoms with E-state index < -0.39 is 9.84 Å². The fourth-order valence-electron chi connectivity index (χ4n) is 2.26. The largest absolute Gasteiger partial charge is 0.354 e. The lowest BCUT2D eigenvalue weighted by molar-refractivity contribution is 0.568. The first kappa shape index (κ1) is 16.0. The minimum absolute atomic E-state index is 0.187. The van der Waals surface area contributed by atoms with Gasteiger partial charge < -0.3 is 9.80 Å². The van der Waals surface area contributed by atoms with Gasteiger partial charge in [-0.2, -0.15) is 4.98 Å². The number of aromatic nitrogens is 2. The summed E-state index contributed by atoms with van der Waals surface area (Å²) < 4.78 is 23.7. The third kappa shape index (κ3) is 3.45. The molecule has 0 saturated carbocycles. The zero-order chi connectivity index (χ0) is 15.8. The fourth-order valence-corrected chi connectivity index (χ4v) is 3.54. The summed E-state index contributed by atoms with van der Waals surface area (Å²) in [7, 11) is 0.868. The topological polar surface area (TPSA) is 66.4 Å². The number of sulfone groups is 1. The van der Waals surface area contributed by atoms with E-state index in [2.05, 4.69) is 23.8 Å². The second kappa shape index (κ2) is 5.79. The van der Waals surface area contributed by atoms with Crippen LogP contribution < -0.4 is 9.80 Å². The highest BCUT2D eigenvalue weighted by Gasteiger charge is 2.30. The first-order valence-electron chi connectivity index (χ1n) is 7.23. The summed E-state index contributed by atoms with van der Waals surface area (Å²) >= 11 is 0. The maximum Gasteiger partial charge on any atom is 0.227 e. The zero-order valence-electron chi connectivity index (χ0n) is 13.4. The van der Waals surface area contributed by atoms with Crippen LogP contribution in [0.4, 0.5) is 11.8 Å². The third-order valence-electron chi connectivity index (χ3n) is 3.77. The fraction of sp³-hybridized carbons (Fsp3) is 0.714. The van der Waals surface area contributed by atoms with Crippen LogP contribution in [0.5, 0.6) is 0 Å². The summed E-state index contributed by atoms with van der Waals surface area (Å²) in [5.41, 5.74) is 0.977. The molecule has 0 bridgehead atoms. The van der Waals surface area contributed by atoms with Crippen molar-refractivity contribution >= 4 is 21.6 Å². The standard InChI is InChI=1S/C14H24N4O2S/c1-10(2)12-8-13(16-14(15-12)17(4)5)18-6-7-21(19,20)11(3)9-18/h8,10-11H,6-7,9H2,1-5H3/t11-/m0/s1. The van der Waals surface area contributed by atoms with E-state index in [1.54, 1.807) is 6.92 Å². The molecule has 0 unspecified atom stereocenters. The summed E-state index contributed by atoms with van der Waals surface area (Å²) in [5, 5.41) is -0.355. The molecule has 0 radical (unpaired) electrons. The highest BCUT2D eigenvalue weighted by atomic mass is 32.2. The number of rotatable bonds is 3. The number of nitrogens with zero attached hydrogens (tertiary/aromatic N) is 4. The maximum absolute atomic E-state index is 11.8. The molecule has 0 N–H and O–H groups in total. The van der Waals surface area contributed by atoms with Crippen LogP contribution in [-0.2, 0) is 9.84 Å². The zero-order valence-corrected chi connectivity index (χ0v) is 14.2. The SMILES string of the molecule is CC(C)c1cc(N2CCS(=O)(=O)[C@@H](C)C2)nc(N(C)C)n1. The lowest BCUT2D eigenvalue weighted by Crippen LogP contribution is -2.46. The summed E-state index contributed by atoms with van der Waals surface area (Å²) in [4.78, 5) is 13.0. The van der Waals surface area contributed by atoms with E-state index in [-0.39, 0.29) is 11.0 Å². The van der Waals surface area contributed by atoms with Crippen LogP contribution in [0.25, 0.3) is 0 Å². The molecule has 0 aliphatic carbocycles. The van der Waals surface area contributed by atoms with Crippen molar-refractivity contribution in [1.29, 1.82) is 0 Å². The lowest BCUT2D eigenvalue weighted by atomic mass is 10.1. The summed E-state index contributed by atoms with van der Waals surface area (Å²) in [5.74, 6) is 1.97. The van der Waals surface area contributed by atoms with Gasteiger partial charge in [0, 0.05) is 33.3 Å². The third-order valence-corrected chi connectivity index (χ3v) is 5.90. The van der Waals surface area contributed by atoms with Gasteiger partial charge in [-0.3, -0.25) is 0 Å². The molecule has 1 aromatic heterocycles. The molecule has 2 rings (SSSR count). The van der Waals surface area contributed by atoms with Crippen LogP contribution >= 0.6 is 0 Å².